The predicted molar refractivity (Wildman–Crippen MR) is 82.0 cm³/mol. The van der Waals surface area contributed by atoms with Crippen LogP contribution in [-0.2, 0) is 6.42 Å². The van der Waals surface area contributed by atoms with Crippen LogP contribution >= 0.6 is 0 Å². The third-order valence-electron chi connectivity index (χ3n) is 4.42. The van der Waals surface area contributed by atoms with Gasteiger partial charge in [0.15, 0.2) is 0 Å². The third-order valence-corrected chi connectivity index (χ3v) is 4.42. The molecule has 2 aliphatic rings. The lowest BCUT2D eigenvalue weighted by Gasteiger charge is -2.38. The van der Waals surface area contributed by atoms with E-state index in [1.54, 1.807) is 0 Å². The smallest absolute Gasteiger partial charge is 0.274 e. The minimum atomic E-state index is -0.299. The molecule has 112 valence electrons. The summed E-state index contributed by atoms with van der Waals surface area (Å²) in [5.41, 5.74) is 2.64. The van der Waals surface area contributed by atoms with E-state index in [2.05, 4.69) is 39.4 Å². The molecule has 0 aliphatic carbocycles. The Labute approximate surface area is 127 Å². The molecule has 1 unspecified atom stereocenters. The van der Waals surface area contributed by atoms with E-state index in [0.717, 1.165) is 13.0 Å². The number of anilines is 1. The number of nitrogens with one attached hydrogen (secondary N) is 1. The Hall–Kier alpha value is -2.63. The molecule has 1 saturated heterocycles. The normalized spacial score (nSPS) is 19.7. The van der Waals surface area contributed by atoms with Gasteiger partial charge in [-0.25, -0.2) is 5.10 Å². The zero-order valence-corrected chi connectivity index (χ0v) is 12.0. The van der Waals surface area contributed by atoms with Crippen molar-refractivity contribution in [2.75, 3.05) is 24.5 Å². The first-order valence-electron chi connectivity index (χ1n) is 7.42. The Morgan fingerprint density at radius 2 is 2.05 bits per heavy atom. The van der Waals surface area contributed by atoms with Crippen LogP contribution in [0.15, 0.2) is 41.2 Å². The lowest BCUT2D eigenvalue weighted by atomic mass is 10.1. The van der Waals surface area contributed by atoms with E-state index in [4.69, 9.17) is 0 Å². The first-order valence-corrected chi connectivity index (χ1v) is 7.42. The molecule has 1 fully saturated rings. The van der Waals surface area contributed by atoms with Crippen LogP contribution < -0.4 is 10.5 Å². The van der Waals surface area contributed by atoms with Gasteiger partial charge in [-0.3, -0.25) is 9.59 Å². The zero-order chi connectivity index (χ0) is 15.1. The maximum Gasteiger partial charge on any atom is 0.274 e. The van der Waals surface area contributed by atoms with Crippen LogP contribution in [0.4, 0.5) is 5.69 Å². The van der Waals surface area contributed by atoms with E-state index in [0.29, 0.717) is 24.8 Å². The lowest BCUT2D eigenvalue weighted by Crippen LogP contribution is -2.53. The fourth-order valence-electron chi connectivity index (χ4n) is 3.37. The number of H-pyrrole nitrogens is 1. The Kier molecular flexibility index (Phi) is 2.96. The largest absolute Gasteiger partial charge is 0.364 e. The molecule has 0 radical (unpaired) electrons. The Morgan fingerprint density at radius 1 is 1.18 bits per heavy atom. The number of hydrogen-bond donors (Lipinski definition) is 1. The summed E-state index contributed by atoms with van der Waals surface area (Å²) in [5, 5.41) is 6.15. The number of amides is 1. The number of nitrogens with zero attached hydrogens (tertiary/aromatic N) is 3. The molecule has 1 aromatic carbocycles. The summed E-state index contributed by atoms with van der Waals surface area (Å²) < 4.78 is 0. The van der Waals surface area contributed by atoms with Gasteiger partial charge < -0.3 is 9.80 Å². The van der Waals surface area contributed by atoms with Gasteiger partial charge >= 0.3 is 0 Å². The first kappa shape index (κ1) is 13.1. The molecule has 1 atom stereocenters. The number of aromatic nitrogens is 2. The average Bonchev–Trinajstić information content (AvgIpc) is 2.92. The number of hydrogen-bond acceptors (Lipinski definition) is 4. The van der Waals surface area contributed by atoms with Gasteiger partial charge in [-0.05, 0) is 24.1 Å². The Bertz CT molecular complexity index is 765. The van der Waals surface area contributed by atoms with Gasteiger partial charge in [-0.1, -0.05) is 18.2 Å². The summed E-state index contributed by atoms with van der Waals surface area (Å²) in [7, 11) is 0. The van der Waals surface area contributed by atoms with E-state index in [1.165, 1.54) is 23.4 Å². The molecule has 6 heteroatoms. The highest BCUT2D eigenvalue weighted by Crippen LogP contribution is 2.33. The number of benzene rings is 1. The summed E-state index contributed by atoms with van der Waals surface area (Å²) in [4.78, 5) is 27.8. The van der Waals surface area contributed by atoms with Crippen molar-refractivity contribution in [1.82, 2.24) is 15.1 Å². The van der Waals surface area contributed by atoms with Gasteiger partial charge in [0.25, 0.3) is 11.5 Å². The van der Waals surface area contributed by atoms with Crippen LogP contribution in [0.5, 0.6) is 0 Å². The molecule has 2 aliphatic heterocycles. The highest BCUT2D eigenvalue weighted by atomic mass is 16.2. The quantitative estimate of drug-likeness (QED) is 0.839. The summed E-state index contributed by atoms with van der Waals surface area (Å²) in [6.45, 7) is 2.19. The SMILES string of the molecule is O=C(c1ccc(=O)[nH]n1)N1CCN2c3ccccc3CC2C1. The molecule has 0 bridgehead atoms. The molecule has 1 aromatic heterocycles. The van der Waals surface area contributed by atoms with E-state index in [-0.39, 0.29) is 11.5 Å². The summed E-state index contributed by atoms with van der Waals surface area (Å²) >= 11 is 0. The number of aromatic amines is 1. The van der Waals surface area contributed by atoms with Crippen molar-refractivity contribution in [3.05, 3.63) is 58.0 Å². The number of fused-ring (bicyclic) bond motifs is 3. The summed E-state index contributed by atoms with van der Waals surface area (Å²) in [6, 6.07) is 11.6. The molecule has 3 heterocycles. The second-order valence-corrected chi connectivity index (χ2v) is 5.74. The fraction of sp³-hybridized carbons (Fsp3) is 0.312. The summed E-state index contributed by atoms with van der Waals surface area (Å²) in [5.74, 6) is -0.119. The molecular weight excluding hydrogens is 280 g/mol. The van der Waals surface area contributed by atoms with E-state index in [9.17, 15) is 9.59 Å². The van der Waals surface area contributed by atoms with Gasteiger partial charge in [0, 0.05) is 31.4 Å². The number of piperazine rings is 1. The van der Waals surface area contributed by atoms with E-state index in [1.807, 2.05) is 4.90 Å². The van der Waals surface area contributed by atoms with Gasteiger partial charge in [-0.2, -0.15) is 5.10 Å². The van der Waals surface area contributed by atoms with Crippen LogP contribution in [0, 0.1) is 0 Å². The van der Waals surface area contributed by atoms with Gasteiger partial charge in [0.2, 0.25) is 0 Å². The molecule has 0 saturated carbocycles. The van der Waals surface area contributed by atoms with Crippen LogP contribution in [0.1, 0.15) is 16.1 Å². The highest BCUT2D eigenvalue weighted by Gasteiger charge is 2.35. The fourth-order valence-corrected chi connectivity index (χ4v) is 3.37. The van der Waals surface area contributed by atoms with Gasteiger partial charge in [0.1, 0.15) is 5.69 Å². The lowest BCUT2D eigenvalue weighted by molar-refractivity contribution is 0.0718. The molecule has 6 nitrogen and oxygen atoms in total. The molecule has 4 rings (SSSR count). The molecule has 22 heavy (non-hydrogen) atoms. The minimum Gasteiger partial charge on any atom is -0.364 e. The maximum absolute atomic E-state index is 12.5. The molecule has 2 aromatic rings. The number of para-hydroxylation sites is 1. The third kappa shape index (κ3) is 2.07. The van der Waals surface area contributed by atoms with Crippen molar-refractivity contribution in [3.8, 4) is 0 Å². The van der Waals surface area contributed by atoms with Gasteiger partial charge in [-0.15, -0.1) is 0 Å². The van der Waals surface area contributed by atoms with Crippen molar-refractivity contribution < 1.29 is 4.79 Å². The zero-order valence-electron chi connectivity index (χ0n) is 12.0. The van der Waals surface area contributed by atoms with Crippen molar-refractivity contribution in [2.45, 2.75) is 12.5 Å². The topological polar surface area (TPSA) is 69.3 Å². The number of carbonyl (C=O) groups excluding carboxylic acids is 1. The van der Waals surface area contributed by atoms with Crippen LogP contribution in [0.2, 0.25) is 0 Å². The number of carbonyl (C=O) groups is 1. The van der Waals surface area contributed by atoms with E-state index < -0.39 is 0 Å². The van der Waals surface area contributed by atoms with E-state index >= 15 is 0 Å². The number of rotatable bonds is 1. The minimum absolute atomic E-state index is 0.119. The van der Waals surface area contributed by atoms with Crippen molar-refractivity contribution in [3.63, 3.8) is 0 Å². The van der Waals surface area contributed by atoms with Gasteiger partial charge in [0.05, 0.1) is 6.04 Å². The standard InChI is InChI=1S/C16H16N4O2/c21-15-6-5-13(17-18-15)16(22)19-7-8-20-12(10-19)9-11-3-1-2-4-14(11)20/h1-6,12H,7-10H2,(H,18,21). The second kappa shape index (κ2) is 4.98. The van der Waals surface area contributed by atoms with Crippen LogP contribution in [-0.4, -0.2) is 46.7 Å². The monoisotopic (exact) mass is 296 g/mol. The Balaban J connectivity index is 1.53. The van der Waals surface area contributed by atoms with Crippen molar-refractivity contribution in [2.24, 2.45) is 0 Å². The van der Waals surface area contributed by atoms with Crippen LogP contribution in [0.25, 0.3) is 0 Å². The molecule has 0 spiro atoms. The molecule has 1 amide bonds. The highest BCUT2D eigenvalue weighted by molar-refractivity contribution is 5.92. The van der Waals surface area contributed by atoms with Crippen LogP contribution in [0.3, 0.4) is 0 Å². The molecular formula is C16H16N4O2. The predicted octanol–water partition coefficient (Wildman–Crippen LogP) is 0.657. The maximum atomic E-state index is 12.5. The van der Waals surface area contributed by atoms with Crippen molar-refractivity contribution in [1.29, 1.82) is 0 Å². The average molecular weight is 296 g/mol. The Morgan fingerprint density at radius 3 is 2.86 bits per heavy atom. The van der Waals surface area contributed by atoms with Crippen molar-refractivity contribution >= 4 is 11.6 Å². The molecule has 1 N–H and O–H groups in total. The summed E-state index contributed by atoms with van der Waals surface area (Å²) in [6.07, 6.45) is 0.971. The second-order valence-electron chi connectivity index (χ2n) is 5.74. The first-order chi connectivity index (χ1) is 10.7.